The summed E-state index contributed by atoms with van der Waals surface area (Å²) in [6.45, 7) is 3.17. The van der Waals surface area contributed by atoms with Crippen molar-refractivity contribution in [2.24, 2.45) is 0 Å². The maximum atomic E-state index is 5.63. The van der Waals surface area contributed by atoms with Gasteiger partial charge in [-0.3, -0.25) is 0 Å². The maximum absolute atomic E-state index is 5.63. The lowest BCUT2D eigenvalue weighted by Crippen LogP contribution is -2.21. The summed E-state index contributed by atoms with van der Waals surface area (Å²) in [6.07, 6.45) is 0. The number of benzene rings is 1. The number of likely N-dealkylation sites (N-methyl/N-ethyl adjacent to an activating group) is 1. The van der Waals surface area contributed by atoms with Crippen molar-refractivity contribution >= 4 is 5.69 Å². The summed E-state index contributed by atoms with van der Waals surface area (Å²) in [4.78, 5) is 2.11. The molecule has 0 bridgehead atoms. The van der Waals surface area contributed by atoms with Crippen LogP contribution in [0.1, 0.15) is 0 Å². The molecule has 90 valence electrons. The monoisotopic (exact) mass is 225 g/mol. The fraction of sp³-hybridized carbons (Fsp3) is 0.500. The third-order valence-electron chi connectivity index (χ3n) is 2.08. The first kappa shape index (κ1) is 12.8. The lowest BCUT2D eigenvalue weighted by Gasteiger charge is -2.08. The Morgan fingerprint density at radius 2 is 2.12 bits per heavy atom. The van der Waals surface area contributed by atoms with E-state index in [0.717, 1.165) is 31.2 Å². The number of anilines is 1. The molecule has 0 aliphatic heterocycles. The first-order valence-corrected chi connectivity index (χ1v) is 5.45. The smallest absolute Gasteiger partial charge is 0.179 e. The summed E-state index contributed by atoms with van der Waals surface area (Å²) < 4.78 is 9.86. The van der Waals surface area contributed by atoms with Crippen LogP contribution in [0.25, 0.3) is 0 Å². The van der Waals surface area contributed by atoms with E-state index in [9.17, 15) is 0 Å². The van der Waals surface area contributed by atoms with Crippen LogP contribution < -0.4 is 10.5 Å². The summed E-state index contributed by atoms with van der Waals surface area (Å²) in [5.41, 5.74) is 6.36. The number of hydrogen-bond donors (Lipinski definition) is 1. The molecule has 0 saturated carbocycles. The zero-order valence-electron chi connectivity index (χ0n) is 10.0. The number of rotatable bonds is 7. The molecule has 0 fully saturated rings. The first-order valence-electron chi connectivity index (χ1n) is 5.45. The van der Waals surface area contributed by atoms with E-state index in [0.29, 0.717) is 6.61 Å². The molecule has 0 radical (unpaired) electrons. The van der Waals surface area contributed by atoms with Crippen LogP contribution >= 0.6 is 0 Å². The zero-order chi connectivity index (χ0) is 11.8. The molecule has 0 amide bonds. The molecule has 3 N–H and O–H groups in total. The lowest BCUT2D eigenvalue weighted by atomic mass is 10.3. The van der Waals surface area contributed by atoms with Gasteiger partial charge in [0.2, 0.25) is 0 Å². The standard InChI is InChI=1S/C12H20N2O2/c1-14(2)6-7-15-8-9-16-12-5-3-4-11(13)10-12/h3-5,10H,6-9,13H2,1-2H3/p+1. The number of aliphatic hydroxyl groups is 2. The molecule has 1 rings (SSSR count). The molecule has 0 heterocycles. The van der Waals surface area contributed by atoms with Gasteiger partial charge in [0.05, 0.1) is 6.54 Å². The van der Waals surface area contributed by atoms with Gasteiger partial charge in [-0.2, -0.15) is 0 Å². The van der Waals surface area contributed by atoms with Gasteiger partial charge in [-0.15, -0.1) is 0 Å². The summed E-state index contributed by atoms with van der Waals surface area (Å²) in [6, 6.07) is 7.44. The molecule has 16 heavy (non-hydrogen) atoms. The molecule has 0 saturated heterocycles. The highest BCUT2D eigenvalue weighted by molar-refractivity contribution is 5.43. The normalized spacial score (nSPS) is 10.7. The Balaban J connectivity index is 2.07. The van der Waals surface area contributed by atoms with Gasteiger partial charge >= 0.3 is 0 Å². The van der Waals surface area contributed by atoms with Crippen molar-refractivity contribution in [3.05, 3.63) is 24.3 Å². The van der Waals surface area contributed by atoms with Crippen LogP contribution in [0.15, 0.2) is 24.3 Å². The highest BCUT2D eigenvalue weighted by Crippen LogP contribution is 2.13. The van der Waals surface area contributed by atoms with Gasteiger partial charge in [0.1, 0.15) is 5.75 Å². The van der Waals surface area contributed by atoms with Crippen LogP contribution in [0, 0.1) is 0 Å². The molecule has 1 aromatic carbocycles. The molecule has 0 aromatic heterocycles. The van der Waals surface area contributed by atoms with Gasteiger partial charge in [-0.05, 0) is 26.2 Å². The van der Waals surface area contributed by atoms with E-state index in [4.69, 9.17) is 10.5 Å². The Bertz CT molecular complexity index is 303. The topological polar surface area (TPSA) is 51.3 Å². The van der Waals surface area contributed by atoms with Crippen molar-refractivity contribution < 1.29 is 9.47 Å². The Morgan fingerprint density at radius 1 is 1.31 bits per heavy atom. The average Bonchev–Trinajstić information content (AvgIpc) is 2.23. The highest BCUT2D eigenvalue weighted by Gasteiger charge is 1.97. The van der Waals surface area contributed by atoms with E-state index in [1.165, 1.54) is 0 Å². The zero-order valence-corrected chi connectivity index (χ0v) is 10.0. The van der Waals surface area contributed by atoms with Crippen molar-refractivity contribution in [2.75, 3.05) is 46.2 Å². The van der Waals surface area contributed by atoms with Crippen LogP contribution in [0.2, 0.25) is 0 Å². The van der Waals surface area contributed by atoms with Gasteiger partial charge in [-0.25, -0.2) is 0 Å². The predicted octanol–water partition coefficient (Wildman–Crippen LogP) is 0.737. The van der Waals surface area contributed by atoms with Crippen LogP contribution in [-0.2, 0) is 0 Å². The Labute approximate surface area is 96.9 Å². The van der Waals surface area contributed by atoms with Gasteiger partial charge in [-0.1, -0.05) is 6.07 Å². The molecule has 4 heteroatoms. The molecule has 1 aromatic rings. The summed E-state index contributed by atoms with van der Waals surface area (Å²) in [5.74, 6) is 0.808. The number of ether oxygens (including phenoxy) is 2. The van der Waals surface area contributed by atoms with E-state index in [2.05, 4.69) is 9.64 Å². The van der Waals surface area contributed by atoms with Gasteiger partial charge in [0.25, 0.3) is 0 Å². The minimum absolute atomic E-state index is 0.608. The van der Waals surface area contributed by atoms with Crippen molar-refractivity contribution in [1.29, 1.82) is 0 Å². The fourth-order valence-electron chi connectivity index (χ4n) is 1.21. The highest BCUT2D eigenvalue weighted by atomic mass is 16.5. The Morgan fingerprint density at radius 3 is 2.81 bits per heavy atom. The quantitative estimate of drug-likeness (QED) is 0.423. The molecule has 4 nitrogen and oxygen atoms in total. The summed E-state index contributed by atoms with van der Waals surface area (Å²) in [5, 5.41) is 0. The second-order valence-electron chi connectivity index (χ2n) is 3.90. The van der Waals surface area contributed by atoms with Crippen LogP contribution in [0.4, 0.5) is 5.69 Å². The number of nitrogen functional groups attached to an aromatic ring is 1. The molecule has 0 spiro atoms. The Kier molecular flexibility index (Phi) is 5.67. The minimum Gasteiger partial charge on any atom is -0.486 e. The minimum atomic E-state index is 0.608. The van der Waals surface area contributed by atoms with Gasteiger partial charge < -0.3 is 20.1 Å². The van der Waals surface area contributed by atoms with Gasteiger partial charge in [0, 0.05) is 11.8 Å². The molecule has 0 aliphatic carbocycles. The van der Waals surface area contributed by atoms with E-state index in [1.807, 2.05) is 38.4 Å². The molecular formula is C12H21N2O2+. The lowest BCUT2D eigenvalue weighted by molar-refractivity contribution is -0.0563. The predicted molar refractivity (Wildman–Crippen MR) is 66.9 cm³/mol. The van der Waals surface area contributed by atoms with Crippen molar-refractivity contribution in [3.63, 3.8) is 0 Å². The summed E-state index contributed by atoms with van der Waals surface area (Å²) >= 11 is 0. The molecule has 0 atom stereocenters. The van der Waals surface area contributed by atoms with E-state index >= 15 is 0 Å². The number of nitrogens with two attached hydrogens (primary N) is 1. The first-order chi connectivity index (χ1) is 7.68. The molecule has 0 aliphatic rings. The molecular weight excluding hydrogens is 204 g/mol. The number of hydrogen-bond acceptors (Lipinski definition) is 3. The van der Waals surface area contributed by atoms with Crippen molar-refractivity contribution in [1.82, 2.24) is 4.90 Å². The van der Waals surface area contributed by atoms with Crippen LogP contribution in [0.3, 0.4) is 0 Å². The third-order valence-corrected chi connectivity index (χ3v) is 2.08. The Hall–Kier alpha value is -1.26. The van der Waals surface area contributed by atoms with E-state index in [-0.39, 0.29) is 0 Å². The second kappa shape index (κ2) is 7.09. The third kappa shape index (κ3) is 5.58. The van der Waals surface area contributed by atoms with E-state index < -0.39 is 0 Å². The fourth-order valence-corrected chi connectivity index (χ4v) is 1.21. The number of nitrogens with zero attached hydrogens (tertiary/aromatic N) is 1. The second-order valence-corrected chi connectivity index (χ2v) is 3.90. The summed E-state index contributed by atoms with van der Waals surface area (Å²) in [7, 11) is 4.08. The average molecular weight is 225 g/mol. The maximum Gasteiger partial charge on any atom is 0.179 e. The van der Waals surface area contributed by atoms with Crippen molar-refractivity contribution in [2.45, 2.75) is 0 Å². The van der Waals surface area contributed by atoms with Crippen LogP contribution in [-0.4, -0.2) is 50.1 Å². The van der Waals surface area contributed by atoms with E-state index in [1.54, 1.807) is 0 Å². The SMILES string of the molecule is CN(C)CC[OH+]CCOc1cccc(N)c1. The largest absolute Gasteiger partial charge is 0.486 e. The van der Waals surface area contributed by atoms with Gasteiger partial charge in [0.15, 0.2) is 19.8 Å². The van der Waals surface area contributed by atoms with Crippen molar-refractivity contribution in [3.8, 4) is 5.75 Å². The van der Waals surface area contributed by atoms with Crippen LogP contribution in [0.5, 0.6) is 5.75 Å². The molecule has 0 unspecified atom stereocenters.